The van der Waals surface area contributed by atoms with Gasteiger partial charge in [0.1, 0.15) is 0 Å². The van der Waals surface area contributed by atoms with E-state index in [-0.39, 0.29) is 12.1 Å². The number of rotatable bonds is 27. The summed E-state index contributed by atoms with van der Waals surface area (Å²) < 4.78 is 5.22. The van der Waals surface area contributed by atoms with Crippen LogP contribution in [-0.4, -0.2) is 23.8 Å². The van der Waals surface area contributed by atoms with Crippen molar-refractivity contribution in [2.75, 3.05) is 6.61 Å². The van der Waals surface area contributed by atoms with Crippen molar-refractivity contribution in [1.29, 1.82) is 0 Å². The van der Waals surface area contributed by atoms with Gasteiger partial charge in [-0.05, 0) is 32.1 Å². The maximum Gasteiger partial charge on any atom is 0.305 e. The highest BCUT2D eigenvalue weighted by Crippen LogP contribution is 2.15. The molecule has 0 aliphatic carbocycles. The van der Waals surface area contributed by atoms with Crippen LogP contribution < -0.4 is 0 Å². The average molecular weight is 469 g/mol. The van der Waals surface area contributed by atoms with Gasteiger partial charge in [0.05, 0.1) is 12.7 Å². The van der Waals surface area contributed by atoms with E-state index in [1.54, 1.807) is 0 Å². The van der Waals surface area contributed by atoms with Crippen molar-refractivity contribution in [3.63, 3.8) is 0 Å². The Morgan fingerprint density at radius 1 is 0.545 bits per heavy atom. The number of esters is 1. The first-order valence-corrected chi connectivity index (χ1v) is 15.0. The quantitative estimate of drug-likeness (QED) is 0.0963. The summed E-state index contributed by atoms with van der Waals surface area (Å²) in [4.78, 5) is 11.4. The van der Waals surface area contributed by atoms with Gasteiger partial charge in [0.15, 0.2) is 0 Å². The Morgan fingerprint density at radius 2 is 0.909 bits per heavy atom. The van der Waals surface area contributed by atoms with E-state index in [1.807, 2.05) is 0 Å². The topological polar surface area (TPSA) is 46.5 Å². The maximum absolute atomic E-state index is 11.4. The van der Waals surface area contributed by atoms with E-state index in [9.17, 15) is 9.90 Å². The smallest absolute Gasteiger partial charge is 0.305 e. The van der Waals surface area contributed by atoms with Crippen molar-refractivity contribution in [3.8, 4) is 0 Å². The Morgan fingerprint density at radius 3 is 1.33 bits per heavy atom. The van der Waals surface area contributed by atoms with Gasteiger partial charge in [-0.15, -0.1) is 0 Å². The lowest BCUT2D eigenvalue weighted by Gasteiger charge is -2.10. The fourth-order valence-corrected chi connectivity index (χ4v) is 4.49. The third kappa shape index (κ3) is 27.6. The number of ether oxygens (including phenoxy) is 1. The number of carbonyl (C=O) groups is 1. The Bertz CT molecular complexity index is 383. The molecule has 0 saturated heterocycles. The molecule has 0 heterocycles. The van der Waals surface area contributed by atoms with Gasteiger partial charge >= 0.3 is 5.97 Å². The van der Waals surface area contributed by atoms with E-state index in [2.05, 4.69) is 13.8 Å². The molecule has 1 atom stereocenters. The number of aliphatic hydroxyl groups is 1. The zero-order chi connectivity index (χ0) is 24.2. The Labute approximate surface area is 207 Å². The summed E-state index contributed by atoms with van der Waals surface area (Å²) >= 11 is 0. The van der Waals surface area contributed by atoms with Crippen molar-refractivity contribution in [2.24, 2.45) is 0 Å². The van der Waals surface area contributed by atoms with Gasteiger partial charge < -0.3 is 9.84 Å². The number of carbonyl (C=O) groups excluding carboxylic acids is 1. The minimum absolute atomic E-state index is 0.0595. The largest absolute Gasteiger partial charge is 0.466 e. The van der Waals surface area contributed by atoms with Crippen molar-refractivity contribution in [1.82, 2.24) is 0 Å². The second-order valence-electron chi connectivity index (χ2n) is 10.3. The summed E-state index contributed by atoms with van der Waals surface area (Å²) in [5.74, 6) is -0.0595. The summed E-state index contributed by atoms with van der Waals surface area (Å²) in [6.07, 6.45) is 30.9. The third-order valence-corrected chi connectivity index (χ3v) is 6.82. The molecule has 0 saturated carbocycles. The van der Waals surface area contributed by atoms with Gasteiger partial charge in [-0.1, -0.05) is 136 Å². The molecular weight excluding hydrogens is 408 g/mol. The third-order valence-electron chi connectivity index (χ3n) is 6.82. The molecule has 0 aromatic heterocycles. The second kappa shape index (κ2) is 27.7. The molecule has 0 aliphatic rings. The van der Waals surface area contributed by atoms with Gasteiger partial charge in [-0.3, -0.25) is 4.79 Å². The molecule has 0 aromatic carbocycles. The molecule has 198 valence electrons. The molecule has 1 unspecified atom stereocenters. The van der Waals surface area contributed by atoms with E-state index in [1.165, 1.54) is 103 Å². The average Bonchev–Trinajstić information content (AvgIpc) is 2.81. The first-order valence-electron chi connectivity index (χ1n) is 15.0. The highest BCUT2D eigenvalue weighted by atomic mass is 16.5. The summed E-state index contributed by atoms with van der Waals surface area (Å²) in [6.45, 7) is 4.91. The zero-order valence-corrected chi connectivity index (χ0v) is 22.7. The number of hydrogen-bond donors (Lipinski definition) is 1. The highest BCUT2D eigenvalue weighted by Gasteiger charge is 2.05. The molecule has 0 aromatic rings. The SMILES string of the molecule is CCCCCCCCCCCCCCCCCCCC(O)CCCCCOC(=O)CCCC. The summed E-state index contributed by atoms with van der Waals surface area (Å²) in [5.41, 5.74) is 0. The number of unbranched alkanes of at least 4 members (excludes halogenated alkanes) is 19. The van der Waals surface area contributed by atoms with Gasteiger partial charge in [0.2, 0.25) is 0 Å². The van der Waals surface area contributed by atoms with Crippen LogP contribution in [0.3, 0.4) is 0 Å². The highest BCUT2D eigenvalue weighted by molar-refractivity contribution is 5.69. The molecule has 0 bridgehead atoms. The van der Waals surface area contributed by atoms with Crippen molar-refractivity contribution < 1.29 is 14.6 Å². The molecule has 0 fully saturated rings. The van der Waals surface area contributed by atoms with Gasteiger partial charge in [0, 0.05) is 6.42 Å². The van der Waals surface area contributed by atoms with Crippen LogP contribution in [0.4, 0.5) is 0 Å². The Balaban J connectivity index is 3.18. The molecule has 3 heteroatoms. The first-order chi connectivity index (χ1) is 16.2. The number of aliphatic hydroxyl groups excluding tert-OH is 1. The fourth-order valence-electron chi connectivity index (χ4n) is 4.49. The lowest BCUT2D eigenvalue weighted by Crippen LogP contribution is -2.07. The van der Waals surface area contributed by atoms with Crippen LogP contribution >= 0.6 is 0 Å². The van der Waals surface area contributed by atoms with Crippen molar-refractivity contribution in [2.45, 2.75) is 180 Å². The van der Waals surface area contributed by atoms with E-state index >= 15 is 0 Å². The van der Waals surface area contributed by atoms with Crippen LogP contribution in [0.15, 0.2) is 0 Å². The lowest BCUT2D eigenvalue weighted by atomic mass is 10.0. The van der Waals surface area contributed by atoms with Crippen LogP contribution in [-0.2, 0) is 9.53 Å². The molecule has 0 spiro atoms. The summed E-state index contributed by atoms with van der Waals surface area (Å²) in [6, 6.07) is 0. The molecule has 33 heavy (non-hydrogen) atoms. The molecule has 1 N–H and O–H groups in total. The van der Waals surface area contributed by atoms with E-state index in [4.69, 9.17) is 4.74 Å². The van der Waals surface area contributed by atoms with E-state index in [0.717, 1.165) is 51.4 Å². The Kier molecular flexibility index (Phi) is 27.2. The molecular formula is C30H60O3. The lowest BCUT2D eigenvalue weighted by molar-refractivity contribution is -0.143. The Hall–Kier alpha value is -0.570. The van der Waals surface area contributed by atoms with Crippen molar-refractivity contribution >= 4 is 5.97 Å². The molecule has 0 radical (unpaired) electrons. The minimum atomic E-state index is -0.145. The molecule has 0 aliphatic heterocycles. The predicted octanol–water partition coefficient (Wildman–Crippen LogP) is 9.68. The second-order valence-corrected chi connectivity index (χ2v) is 10.3. The maximum atomic E-state index is 11.4. The zero-order valence-electron chi connectivity index (χ0n) is 22.7. The first kappa shape index (κ1) is 32.4. The summed E-state index contributed by atoms with van der Waals surface area (Å²) in [5, 5.41) is 10.1. The van der Waals surface area contributed by atoms with Crippen LogP contribution in [0.25, 0.3) is 0 Å². The number of hydrogen-bond acceptors (Lipinski definition) is 3. The van der Waals surface area contributed by atoms with Gasteiger partial charge in [-0.25, -0.2) is 0 Å². The predicted molar refractivity (Wildman–Crippen MR) is 144 cm³/mol. The van der Waals surface area contributed by atoms with Crippen LogP contribution in [0.2, 0.25) is 0 Å². The van der Waals surface area contributed by atoms with E-state index in [0.29, 0.717) is 13.0 Å². The standard InChI is InChI=1S/C30H60O3/c1-3-5-7-8-9-10-11-12-13-14-15-16-17-18-19-20-22-25-29(31)26-23-21-24-28-33-30(32)27-6-4-2/h29,31H,3-28H2,1-2H3. The fraction of sp³-hybridized carbons (Fsp3) is 0.967. The normalized spacial score (nSPS) is 12.2. The molecule has 0 rings (SSSR count). The van der Waals surface area contributed by atoms with Gasteiger partial charge in [0.25, 0.3) is 0 Å². The monoisotopic (exact) mass is 468 g/mol. The van der Waals surface area contributed by atoms with E-state index < -0.39 is 0 Å². The molecule has 3 nitrogen and oxygen atoms in total. The van der Waals surface area contributed by atoms with Crippen LogP contribution in [0.5, 0.6) is 0 Å². The minimum Gasteiger partial charge on any atom is -0.466 e. The molecule has 0 amide bonds. The van der Waals surface area contributed by atoms with Crippen LogP contribution in [0.1, 0.15) is 174 Å². The summed E-state index contributed by atoms with van der Waals surface area (Å²) in [7, 11) is 0. The van der Waals surface area contributed by atoms with Crippen LogP contribution in [0, 0.1) is 0 Å². The van der Waals surface area contributed by atoms with Crippen molar-refractivity contribution in [3.05, 3.63) is 0 Å². The van der Waals surface area contributed by atoms with Gasteiger partial charge in [-0.2, -0.15) is 0 Å².